The van der Waals surface area contributed by atoms with Gasteiger partial charge in [-0.2, -0.15) is 0 Å². The van der Waals surface area contributed by atoms with E-state index >= 15 is 0 Å². The number of piperazine rings is 1. The molecular weight excluding hydrogens is 540 g/mol. The lowest BCUT2D eigenvalue weighted by molar-refractivity contribution is -0.131. The molecule has 0 radical (unpaired) electrons. The van der Waals surface area contributed by atoms with E-state index < -0.39 is 6.04 Å². The molecule has 1 fully saturated rings. The molecule has 1 N–H and O–H groups in total. The second-order valence-corrected chi connectivity index (χ2v) is 12.1. The van der Waals surface area contributed by atoms with Crippen molar-refractivity contribution in [1.82, 2.24) is 9.80 Å². The molecule has 41 heavy (non-hydrogen) atoms. The number of allylic oxidation sites excluding steroid dienone is 1. The van der Waals surface area contributed by atoms with Gasteiger partial charge in [0.25, 0.3) is 5.91 Å². The van der Waals surface area contributed by atoms with Gasteiger partial charge < -0.3 is 24.4 Å². The number of Topliss-reactive ketones (excluding diaryl/α,β-unsaturated/α-hetero) is 1. The summed E-state index contributed by atoms with van der Waals surface area (Å²) in [6.45, 7) is 5.92. The van der Waals surface area contributed by atoms with Gasteiger partial charge in [0.2, 0.25) is 5.91 Å². The molecule has 0 bridgehead atoms. The van der Waals surface area contributed by atoms with Crippen LogP contribution in [0.5, 0.6) is 0 Å². The number of nitrogens with zero attached hydrogens (tertiary/aromatic N) is 3. The summed E-state index contributed by atoms with van der Waals surface area (Å²) in [7, 11) is 0. The van der Waals surface area contributed by atoms with Gasteiger partial charge in [-0.05, 0) is 47.7 Å². The highest BCUT2D eigenvalue weighted by atomic mass is 35.5. The number of hydrogen-bond donors (Lipinski definition) is 1. The quantitative estimate of drug-likeness (QED) is 0.442. The zero-order valence-electron chi connectivity index (χ0n) is 23.2. The van der Waals surface area contributed by atoms with Crippen LogP contribution in [0.3, 0.4) is 0 Å². The average Bonchev–Trinajstić information content (AvgIpc) is 3.45. The van der Waals surface area contributed by atoms with E-state index in [2.05, 4.69) is 19.2 Å². The third-order valence-corrected chi connectivity index (χ3v) is 8.51. The second kappa shape index (κ2) is 10.7. The van der Waals surface area contributed by atoms with Gasteiger partial charge in [-0.15, -0.1) is 0 Å². The third-order valence-electron chi connectivity index (χ3n) is 8.16. The Morgan fingerprint density at radius 2 is 1.66 bits per heavy atom. The van der Waals surface area contributed by atoms with Crippen LogP contribution in [0.1, 0.15) is 48.8 Å². The number of halogens is 1. The topological polar surface area (TPSA) is 86.1 Å². The van der Waals surface area contributed by atoms with Crippen molar-refractivity contribution >= 4 is 40.6 Å². The van der Waals surface area contributed by atoms with Gasteiger partial charge in [0.05, 0.1) is 30.2 Å². The maximum absolute atomic E-state index is 13.9. The molecule has 2 aliphatic heterocycles. The van der Waals surface area contributed by atoms with E-state index in [9.17, 15) is 14.4 Å². The first-order valence-corrected chi connectivity index (χ1v) is 14.3. The normalized spacial score (nSPS) is 20.2. The first-order valence-electron chi connectivity index (χ1n) is 14.0. The highest BCUT2D eigenvalue weighted by molar-refractivity contribution is 6.31. The van der Waals surface area contributed by atoms with Gasteiger partial charge >= 0.3 is 0 Å². The number of para-hydroxylation sites is 2. The van der Waals surface area contributed by atoms with Crippen LogP contribution in [-0.4, -0.2) is 60.1 Å². The van der Waals surface area contributed by atoms with Gasteiger partial charge in [0.15, 0.2) is 11.5 Å². The van der Waals surface area contributed by atoms with Crippen LogP contribution in [0.4, 0.5) is 11.4 Å². The van der Waals surface area contributed by atoms with Gasteiger partial charge in [-0.3, -0.25) is 14.4 Å². The Bertz CT molecular complexity index is 1520. The fourth-order valence-electron chi connectivity index (χ4n) is 6.21. The molecule has 0 spiro atoms. The molecule has 6 rings (SSSR count). The Labute approximate surface area is 244 Å². The second-order valence-electron chi connectivity index (χ2n) is 11.7. The number of carbonyl (C=O) groups excluding carboxylic acids is 3. The maximum atomic E-state index is 13.9. The summed E-state index contributed by atoms with van der Waals surface area (Å²) in [6, 6.07) is 18.2. The van der Waals surface area contributed by atoms with Crippen molar-refractivity contribution in [2.24, 2.45) is 5.41 Å². The minimum Gasteiger partial charge on any atom is -0.459 e. The van der Waals surface area contributed by atoms with E-state index in [0.29, 0.717) is 55.4 Å². The maximum Gasteiger partial charge on any atom is 0.289 e. The number of nitrogens with one attached hydrogen (secondary N) is 1. The molecule has 3 heterocycles. The molecule has 212 valence electrons. The molecule has 2 amide bonds. The van der Waals surface area contributed by atoms with Crippen molar-refractivity contribution in [2.75, 3.05) is 42.9 Å². The average molecular weight is 573 g/mol. The Balaban J connectivity index is 1.34. The molecule has 0 saturated carbocycles. The molecule has 1 unspecified atom stereocenters. The molecule has 1 atom stereocenters. The van der Waals surface area contributed by atoms with Crippen LogP contribution in [0.2, 0.25) is 5.02 Å². The van der Waals surface area contributed by atoms with Gasteiger partial charge in [0, 0.05) is 48.9 Å². The summed E-state index contributed by atoms with van der Waals surface area (Å²) in [5, 5.41) is 4.12. The smallest absolute Gasteiger partial charge is 0.289 e. The van der Waals surface area contributed by atoms with Crippen LogP contribution in [0.25, 0.3) is 0 Å². The number of furan rings is 1. The molecule has 9 heteroatoms. The van der Waals surface area contributed by atoms with Crippen molar-refractivity contribution < 1.29 is 18.8 Å². The first kappa shape index (κ1) is 27.1. The highest BCUT2D eigenvalue weighted by Gasteiger charge is 2.43. The van der Waals surface area contributed by atoms with E-state index in [4.69, 9.17) is 16.0 Å². The summed E-state index contributed by atoms with van der Waals surface area (Å²) in [5.41, 5.74) is 3.81. The largest absolute Gasteiger partial charge is 0.459 e. The summed E-state index contributed by atoms with van der Waals surface area (Å²) in [5.74, 6) is 0.107. The number of anilines is 2. The summed E-state index contributed by atoms with van der Waals surface area (Å²) >= 11 is 6.79. The van der Waals surface area contributed by atoms with Gasteiger partial charge in [-0.1, -0.05) is 55.8 Å². The SMILES string of the molecule is CC1(C)CC(=O)C2=C(C1)Nc1ccccc1N(CC(=O)N1CCN(C(=O)c3ccco3)CC1)C2c1ccccc1Cl. The fraction of sp³-hybridized carbons (Fsp3) is 0.344. The lowest BCUT2D eigenvalue weighted by atomic mass is 9.73. The van der Waals surface area contributed by atoms with Crippen molar-refractivity contribution in [3.8, 4) is 0 Å². The minimum atomic E-state index is -0.538. The van der Waals surface area contributed by atoms with Gasteiger partial charge in [0.1, 0.15) is 0 Å². The molecule has 1 saturated heterocycles. The van der Waals surface area contributed by atoms with Crippen LogP contribution in [-0.2, 0) is 9.59 Å². The first-order chi connectivity index (χ1) is 19.7. The predicted molar refractivity (Wildman–Crippen MR) is 158 cm³/mol. The minimum absolute atomic E-state index is 0.0498. The Morgan fingerprint density at radius 1 is 0.951 bits per heavy atom. The lowest BCUT2D eigenvalue weighted by Crippen LogP contribution is -2.53. The van der Waals surface area contributed by atoms with Crippen LogP contribution >= 0.6 is 11.6 Å². The molecule has 8 nitrogen and oxygen atoms in total. The number of fused-ring (bicyclic) bond motifs is 1. The monoisotopic (exact) mass is 572 g/mol. The zero-order chi connectivity index (χ0) is 28.7. The molecule has 1 aliphatic carbocycles. The Morgan fingerprint density at radius 3 is 2.39 bits per heavy atom. The third kappa shape index (κ3) is 5.24. The van der Waals surface area contributed by atoms with E-state index in [0.717, 1.165) is 22.6 Å². The van der Waals surface area contributed by atoms with Crippen molar-refractivity contribution in [2.45, 2.75) is 32.7 Å². The molecular formula is C32H33ClN4O4. The fourth-order valence-corrected chi connectivity index (χ4v) is 6.45. The standard InChI is InChI=1S/C32H33ClN4O4/c1-32(2)18-24-29(26(38)19-32)30(21-8-3-4-9-22(21)33)37(25-11-6-5-10-23(25)34-24)20-28(39)35-13-15-36(16-14-35)31(40)27-12-7-17-41-27/h3-12,17,30,34H,13-16,18-20H2,1-2H3. The highest BCUT2D eigenvalue weighted by Crippen LogP contribution is 2.49. The molecule has 3 aromatic rings. The number of hydrogen-bond acceptors (Lipinski definition) is 6. The van der Waals surface area contributed by atoms with Gasteiger partial charge in [-0.25, -0.2) is 0 Å². The van der Waals surface area contributed by atoms with Crippen LogP contribution < -0.4 is 10.2 Å². The summed E-state index contributed by atoms with van der Waals surface area (Å²) in [6.07, 6.45) is 2.60. The lowest BCUT2D eigenvalue weighted by Gasteiger charge is -2.40. The number of carbonyl (C=O) groups is 3. The summed E-state index contributed by atoms with van der Waals surface area (Å²) < 4.78 is 5.27. The van der Waals surface area contributed by atoms with Crippen molar-refractivity contribution in [3.63, 3.8) is 0 Å². The van der Waals surface area contributed by atoms with E-state index in [1.165, 1.54) is 6.26 Å². The Kier molecular flexibility index (Phi) is 7.11. The predicted octanol–water partition coefficient (Wildman–Crippen LogP) is 5.53. The van der Waals surface area contributed by atoms with Crippen LogP contribution in [0.15, 0.2) is 82.6 Å². The Hall–Kier alpha value is -4.04. The van der Waals surface area contributed by atoms with E-state index in [-0.39, 0.29) is 29.6 Å². The van der Waals surface area contributed by atoms with Crippen LogP contribution in [0, 0.1) is 5.41 Å². The van der Waals surface area contributed by atoms with E-state index in [1.807, 2.05) is 53.4 Å². The summed E-state index contributed by atoms with van der Waals surface area (Å²) in [4.78, 5) is 46.0. The van der Waals surface area contributed by atoms with Crippen molar-refractivity contribution in [1.29, 1.82) is 0 Å². The number of benzene rings is 2. The zero-order valence-corrected chi connectivity index (χ0v) is 24.0. The van der Waals surface area contributed by atoms with Crippen molar-refractivity contribution in [3.05, 3.63) is 94.5 Å². The molecule has 3 aliphatic rings. The number of rotatable bonds is 4. The van der Waals surface area contributed by atoms with E-state index in [1.54, 1.807) is 21.9 Å². The molecule has 1 aromatic heterocycles. The molecule has 2 aromatic carbocycles. The number of amides is 2. The number of ketones is 1.